The van der Waals surface area contributed by atoms with Crippen molar-refractivity contribution in [2.24, 2.45) is 0 Å². The molecule has 1 heterocycles. The first-order chi connectivity index (χ1) is 15.9. The number of nitrogens with one attached hydrogen (secondary N) is 1. The lowest BCUT2D eigenvalue weighted by atomic mass is 10.1. The molecule has 0 bridgehead atoms. The zero-order chi connectivity index (χ0) is 23.4. The maximum absolute atomic E-state index is 13.3. The summed E-state index contributed by atoms with van der Waals surface area (Å²) < 4.78 is 2.16. The number of rotatable bonds is 6. The summed E-state index contributed by atoms with van der Waals surface area (Å²) in [4.78, 5) is 39.6. The first kappa shape index (κ1) is 22.0. The SMILES string of the molecule is Cc1cccc(-n2nc(C(=O)NC(C)c3ccccc3)c(=O)n(Cc3ccccc3)c2=O)c1. The monoisotopic (exact) mass is 440 g/mol. The quantitative estimate of drug-likeness (QED) is 0.499. The normalized spacial score (nSPS) is 11.7. The van der Waals surface area contributed by atoms with Crippen molar-refractivity contribution >= 4 is 5.91 Å². The van der Waals surface area contributed by atoms with Gasteiger partial charge >= 0.3 is 5.69 Å². The Bertz CT molecular complexity index is 1390. The zero-order valence-corrected chi connectivity index (χ0v) is 18.4. The lowest BCUT2D eigenvalue weighted by molar-refractivity contribution is 0.0930. The van der Waals surface area contributed by atoms with Crippen LogP contribution >= 0.6 is 0 Å². The summed E-state index contributed by atoms with van der Waals surface area (Å²) in [6, 6.07) is 25.4. The van der Waals surface area contributed by atoms with Gasteiger partial charge in [-0.2, -0.15) is 9.78 Å². The number of hydrogen-bond acceptors (Lipinski definition) is 4. The Kier molecular flexibility index (Phi) is 6.31. The van der Waals surface area contributed by atoms with Crippen LogP contribution in [-0.2, 0) is 6.54 Å². The van der Waals surface area contributed by atoms with Gasteiger partial charge in [-0.1, -0.05) is 72.8 Å². The van der Waals surface area contributed by atoms with Crippen molar-refractivity contribution in [1.82, 2.24) is 19.7 Å². The Morgan fingerprint density at radius 3 is 2.27 bits per heavy atom. The van der Waals surface area contributed by atoms with Crippen LogP contribution in [0.1, 0.15) is 40.1 Å². The average Bonchev–Trinajstić information content (AvgIpc) is 2.83. The van der Waals surface area contributed by atoms with Crippen LogP contribution in [0.4, 0.5) is 0 Å². The molecule has 7 heteroatoms. The molecule has 3 aromatic carbocycles. The highest BCUT2D eigenvalue weighted by atomic mass is 16.2. The maximum atomic E-state index is 13.3. The Morgan fingerprint density at radius 2 is 1.61 bits per heavy atom. The molecule has 0 spiro atoms. The van der Waals surface area contributed by atoms with E-state index in [1.165, 1.54) is 0 Å². The lowest BCUT2D eigenvalue weighted by Crippen LogP contribution is -2.46. The summed E-state index contributed by atoms with van der Waals surface area (Å²) in [5, 5.41) is 7.01. The molecular formula is C26H24N4O3. The van der Waals surface area contributed by atoms with Crippen LogP contribution in [0.2, 0.25) is 0 Å². The topological polar surface area (TPSA) is 86.0 Å². The Hall–Kier alpha value is -4.26. The number of hydrogen-bond donors (Lipinski definition) is 1. The number of carbonyl (C=O) groups is 1. The Morgan fingerprint density at radius 1 is 0.939 bits per heavy atom. The summed E-state index contributed by atoms with van der Waals surface area (Å²) in [6.07, 6.45) is 0. The Balaban J connectivity index is 1.81. The molecule has 0 aliphatic rings. The van der Waals surface area contributed by atoms with Gasteiger partial charge in [0.1, 0.15) is 0 Å². The van der Waals surface area contributed by atoms with Gasteiger partial charge in [-0.3, -0.25) is 14.2 Å². The highest BCUT2D eigenvalue weighted by molar-refractivity contribution is 5.92. The molecule has 1 aromatic heterocycles. The number of benzene rings is 3. The van der Waals surface area contributed by atoms with Crippen molar-refractivity contribution in [3.63, 3.8) is 0 Å². The molecule has 1 unspecified atom stereocenters. The highest BCUT2D eigenvalue weighted by Gasteiger charge is 2.22. The van der Waals surface area contributed by atoms with E-state index in [9.17, 15) is 14.4 Å². The molecule has 4 rings (SSSR count). The summed E-state index contributed by atoms with van der Waals surface area (Å²) in [5.74, 6) is -0.639. The summed E-state index contributed by atoms with van der Waals surface area (Å²) >= 11 is 0. The minimum atomic E-state index is -0.731. The third-order valence-electron chi connectivity index (χ3n) is 5.35. The summed E-state index contributed by atoms with van der Waals surface area (Å²) in [6.45, 7) is 3.75. The molecule has 1 atom stereocenters. The van der Waals surface area contributed by atoms with Crippen LogP contribution in [0.25, 0.3) is 5.69 Å². The average molecular weight is 441 g/mol. The third-order valence-corrected chi connectivity index (χ3v) is 5.35. The second-order valence-corrected chi connectivity index (χ2v) is 7.86. The fraction of sp³-hybridized carbons (Fsp3) is 0.154. The molecule has 7 nitrogen and oxygen atoms in total. The van der Waals surface area contributed by atoms with Crippen LogP contribution in [0.3, 0.4) is 0 Å². The molecule has 0 aliphatic heterocycles. The van der Waals surface area contributed by atoms with Gasteiger partial charge in [0.2, 0.25) is 5.69 Å². The maximum Gasteiger partial charge on any atom is 0.352 e. The van der Waals surface area contributed by atoms with Gasteiger partial charge in [0, 0.05) is 0 Å². The first-order valence-electron chi connectivity index (χ1n) is 10.6. The van der Waals surface area contributed by atoms with E-state index in [0.717, 1.165) is 25.9 Å². The smallest absolute Gasteiger partial charge is 0.344 e. The molecule has 1 amide bonds. The van der Waals surface area contributed by atoms with E-state index in [1.807, 2.05) is 80.6 Å². The van der Waals surface area contributed by atoms with Crippen molar-refractivity contribution in [1.29, 1.82) is 0 Å². The van der Waals surface area contributed by atoms with Gasteiger partial charge in [0.15, 0.2) is 0 Å². The summed E-state index contributed by atoms with van der Waals surface area (Å²) in [5.41, 5.74) is 1.38. The van der Waals surface area contributed by atoms with Gasteiger partial charge < -0.3 is 5.32 Å². The van der Waals surface area contributed by atoms with Crippen LogP contribution in [0.5, 0.6) is 0 Å². The van der Waals surface area contributed by atoms with Crippen LogP contribution in [0.15, 0.2) is 94.5 Å². The van der Waals surface area contributed by atoms with Crippen LogP contribution in [0, 0.1) is 6.92 Å². The van der Waals surface area contributed by atoms with E-state index in [1.54, 1.807) is 18.2 Å². The molecule has 1 N–H and O–H groups in total. The van der Waals surface area contributed by atoms with Gasteiger partial charge in [0.25, 0.3) is 11.5 Å². The van der Waals surface area contributed by atoms with E-state index in [2.05, 4.69) is 10.4 Å². The van der Waals surface area contributed by atoms with Crippen molar-refractivity contribution in [3.05, 3.63) is 128 Å². The van der Waals surface area contributed by atoms with Crippen LogP contribution < -0.4 is 16.6 Å². The van der Waals surface area contributed by atoms with Crippen molar-refractivity contribution in [3.8, 4) is 5.69 Å². The Labute approximate surface area is 191 Å². The van der Waals surface area contributed by atoms with E-state index in [0.29, 0.717) is 5.69 Å². The molecule has 4 aromatic rings. The number of amides is 1. The fourth-order valence-electron chi connectivity index (χ4n) is 3.58. The second-order valence-electron chi connectivity index (χ2n) is 7.86. The van der Waals surface area contributed by atoms with Crippen LogP contribution in [-0.4, -0.2) is 20.3 Å². The molecule has 0 saturated carbocycles. The van der Waals surface area contributed by atoms with E-state index >= 15 is 0 Å². The second kappa shape index (κ2) is 9.48. The number of carbonyl (C=O) groups excluding carboxylic acids is 1. The number of nitrogens with zero attached hydrogens (tertiary/aromatic N) is 3. The molecule has 33 heavy (non-hydrogen) atoms. The van der Waals surface area contributed by atoms with E-state index in [4.69, 9.17) is 0 Å². The van der Waals surface area contributed by atoms with E-state index in [-0.39, 0.29) is 18.3 Å². The molecular weight excluding hydrogens is 416 g/mol. The van der Waals surface area contributed by atoms with Gasteiger partial charge in [0.05, 0.1) is 18.3 Å². The lowest BCUT2D eigenvalue weighted by Gasteiger charge is -2.16. The van der Waals surface area contributed by atoms with Gasteiger partial charge in [-0.05, 0) is 42.7 Å². The first-order valence-corrected chi connectivity index (χ1v) is 10.6. The minimum absolute atomic E-state index is 0.0291. The van der Waals surface area contributed by atoms with E-state index < -0.39 is 17.2 Å². The molecule has 0 radical (unpaired) electrons. The van der Waals surface area contributed by atoms with Crippen molar-refractivity contribution < 1.29 is 4.79 Å². The molecule has 166 valence electrons. The third kappa shape index (κ3) is 4.82. The number of aryl methyl sites for hydroxylation is 1. The zero-order valence-electron chi connectivity index (χ0n) is 18.4. The summed E-state index contributed by atoms with van der Waals surface area (Å²) in [7, 11) is 0. The number of aromatic nitrogens is 3. The molecule has 0 saturated heterocycles. The molecule has 0 fully saturated rings. The largest absolute Gasteiger partial charge is 0.352 e. The predicted molar refractivity (Wildman–Crippen MR) is 127 cm³/mol. The minimum Gasteiger partial charge on any atom is -0.344 e. The fourth-order valence-corrected chi connectivity index (χ4v) is 3.58. The highest BCUT2D eigenvalue weighted by Crippen LogP contribution is 2.12. The molecule has 0 aliphatic carbocycles. The van der Waals surface area contributed by atoms with Crippen molar-refractivity contribution in [2.45, 2.75) is 26.4 Å². The van der Waals surface area contributed by atoms with Crippen molar-refractivity contribution in [2.75, 3.05) is 0 Å². The predicted octanol–water partition coefficient (Wildman–Crippen LogP) is 3.24. The standard InChI is InChI=1S/C26H24N4O3/c1-18-10-9-15-22(16-18)30-26(33)29(17-20-11-5-3-6-12-20)25(32)23(28-30)24(31)27-19(2)21-13-7-4-8-14-21/h3-16,19H,17H2,1-2H3,(H,27,31). The van der Waals surface area contributed by atoms with Gasteiger partial charge in [-0.25, -0.2) is 4.79 Å². The van der Waals surface area contributed by atoms with Gasteiger partial charge in [-0.15, -0.1) is 0 Å².